The second kappa shape index (κ2) is 7.23. The van der Waals surface area contributed by atoms with Crippen LogP contribution in [0.1, 0.15) is 11.1 Å². The number of hydrogen-bond donors (Lipinski definition) is 1. The number of hydrogen-bond acceptors (Lipinski definition) is 3. The van der Waals surface area contributed by atoms with E-state index in [9.17, 15) is 17.6 Å². The number of anilines is 1. The molecule has 0 saturated heterocycles. The van der Waals surface area contributed by atoms with Crippen molar-refractivity contribution < 1.29 is 17.6 Å². The molecule has 0 fully saturated rings. The molecule has 0 spiro atoms. The Bertz CT molecular complexity index is 702. The molecule has 2 rings (SSSR count). The zero-order valence-electron chi connectivity index (χ0n) is 12.7. The van der Waals surface area contributed by atoms with E-state index in [-0.39, 0.29) is 16.9 Å². The Morgan fingerprint density at radius 2 is 1.43 bits per heavy atom. The van der Waals surface area contributed by atoms with E-state index in [4.69, 9.17) is 5.73 Å². The number of halogens is 4. The third-order valence-corrected chi connectivity index (χ3v) is 4.21. The summed E-state index contributed by atoms with van der Waals surface area (Å²) in [4.78, 5) is -0.234. The summed E-state index contributed by atoms with van der Waals surface area (Å²) in [5.74, 6) is -6.28. The van der Waals surface area contributed by atoms with E-state index in [1.54, 1.807) is 38.4 Å². The Morgan fingerprint density at radius 3 is 2.00 bits per heavy atom. The summed E-state index contributed by atoms with van der Waals surface area (Å²) in [5, 5.41) is 0. The van der Waals surface area contributed by atoms with Crippen molar-refractivity contribution >= 4 is 17.6 Å². The number of nitrogens with two attached hydrogens (primary N) is 1. The maximum atomic E-state index is 14.1. The number of nitrogens with zero attached hydrogens (tertiary/aromatic N) is 1. The van der Waals surface area contributed by atoms with Crippen LogP contribution in [0.4, 0.5) is 23.2 Å². The standard InChI is InChI=1S/C16H16F4N2S/c1-22(2)23-16-11(12(17)13(18)14(19)15(16)20)8-5-9-3-6-10(21)7-4-9/h3-4,6-7H,5,8,21H2,1-2H3. The smallest absolute Gasteiger partial charge is 0.198 e. The van der Waals surface area contributed by atoms with Crippen molar-refractivity contribution in [2.75, 3.05) is 19.8 Å². The fraction of sp³-hybridized carbons (Fsp3) is 0.250. The fourth-order valence-corrected chi connectivity index (χ4v) is 2.95. The molecule has 0 unspecified atom stereocenters. The van der Waals surface area contributed by atoms with Crippen LogP contribution in [0.5, 0.6) is 0 Å². The molecule has 0 radical (unpaired) electrons. The third-order valence-electron chi connectivity index (χ3n) is 3.23. The van der Waals surface area contributed by atoms with Crippen molar-refractivity contribution in [3.05, 3.63) is 58.7 Å². The van der Waals surface area contributed by atoms with Gasteiger partial charge in [-0.2, -0.15) is 0 Å². The van der Waals surface area contributed by atoms with Crippen molar-refractivity contribution in [1.82, 2.24) is 4.31 Å². The van der Waals surface area contributed by atoms with Crippen molar-refractivity contribution in [3.8, 4) is 0 Å². The Morgan fingerprint density at radius 1 is 0.870 bits per heavy atom. The quantitative estimate of drug-likeness (QED) is 0.290. The van der Waals surface area contributed by atoms with Crippen LogP contribution in [0, 0.1) is 23.3 Å². The molecule has 0 bridgehead atoms. The van der Waals surface area contributed by atoms with Gasteiger partial charge in [0, 0.05) is 11.3 Å². The van der Waals surface area contributed by atoms with E-state index in [0.717, 1.165) is 17.5 Å². The average molecular weight is 344 g/mol. The maximum absolute atomic E-state index is 14.1. The average Bonchev–Trinajstić information content (AvgIpc) is 2.51. The zero-order valence-corrected chi connectivity index (χ0v) is 13.5. The van der Waals surface area contributed by atoms with Crippen LogP contribution in [-0.2, 0) is 12.8 Å². The van der Waals surface area contributed by atoms with E-state index in [1.807, 2.05) is 0 Å². The molecule has 0 amide bonds. The van der Waals surface area contributed by atoms with Crippen LogP contribution in [0.15, 0.2) is 29.2 Å². The summed E-state index contributed by atoms with van der Waals surface area (Å²) in [6.45, 7) is 0. The number of rotatable bonds is 5. The van der Waals surface area contributed by atoms with Gasteiger partial charge < -0.3 is 5.73 Å². The first-order chi connectivity index (χ1) is 10.8. The summed E-state index contributed by atoms with van der Waals surface area (Å²) in [6, 6.07) is 6.88. The predicted molar refractivity (Wildman–Crippen MR) is 84.1 cm³/mol. The molecule has 0 aliphatic heterocycles. The molecule has 23 heavy (non-hydrogen) atoms. The van der Waals surface area contributed by atoms with Gasteiger partial charge in [-0.1, -0.05) is 12.1 Å². The molecule has 0 heterocycles. The molecule has 0 aromatic heterocycles. The van der Waals surface area contributed by atoms with Crippen LogP contribution in [0.3, 0.4) is 0 Å². The van der Waals surface area contributed by atoms with E-state index < -0.39 is 23.3 Å². The molecular weight excluding hydrogens is 328 g/mol. The molecular formula is C16H16F4N2S. The Kier molecular flexibility index (Phi) is 5.54. The monoisotopic (exact) mass is 344 g/mol. The number of nitrogen functional groups attached to an aromatic ring is 1. The van der Waals surface area contributed by atoms with Gasteiger partial charge in [-0.3, -0.25) is 4.31 Å². The highest BCUT2D eigenvalue weighted by atomic mass is 32.2. The second-order valence-electron chi connectivity index (χ2n) is 5.21. The van der Waals surface area contributed by atoms with Gasteiger partial charge in [0.25, 0.3) is 0 Å². The minimum Gasteiger partial charge on any atom is -0.399 e. The van der Waals surface area contributed by atoms with Gasteiger partial charge in [0.05, 0.1) is 4.90 Å². The molecule has 2 N–H and O–H groups in total. The molecule has 0 aliphatic carbocycles. The topological polar surface area (TPSA) is 29.3 Å². The Hall–Kier alpha value is -1.73. The maximum Gasteiger partial charge on any atom is 0.198 e. The van der Waals surface area contributed by atoms with E-state index >= 15 is 0 Å². The van der Waals surface area contributed by atoms with Gasteiger partial charge in [0.1, 0.15) is 0 Å². The lowest BCUT2D eigenvalue weighted by atomic mass is 10.0. The van der Waals surface area contributed by atoms with Crippen LogP contribution in [0.25, 0.3) is 0 Å². The Labute approximate surface area is 136 Å². The molecule has 0 aliphatic rings. The highest BCUT2D eigenvalue weighted by Crippen LogP contribution is 2.33. The third kappa shape index (κ3) is 3.97. The second-order valence-corrected chi connectivity index (χ2v) is 6.53. The minimum absolute atomic E-state index is 0.0417. The van der Waals surface area contributed by atoms with Gasteiger partial charge in [0.2, 0.25) is 0 Å². The molecule has 0 atom stereocenters. The lowest BCUT2D eigenvalue weighted by Gasteiger charge is -2.16. The molecule has 124 valence electrons. The Balaban J connectivity index is 2.37. The predicted octanol–water partition coefficient (Wildman–Crippen LogP) is 4.18. The van der Waals surface area contributed by atoms with Crippen LogP contribution in [-0.4, -0.2) is 18.4 Å². The summed E-state index contributed by atoms with van der Waals surface area (Å²) >= 11 is 0.818. The van der Waals surface area contributed by atoms with E-state index in [0.29, 0.717) is 12.1 Å². The van der Waals surface area contributed by atoms with Crippen LogP contribution in [0.2, 0.25) is 0 Å². The zero-order chi connectivity index (χ0) is 17.1. The van der Waals surface area contributed by atoms with Crippen molar-refractivity contribution in [2.24, 2.45) is 0 Å². The lowest BCUT2D eigenvalue weighted by Crippen LogP contribution is -2.10. The number of benzene rings is 2. The van der Waals surface area contributed by atoms with Gasteiger partial charge in [-0.25, -0.2) is 17.6 Å². The van der Waals surface area contributed by atoms with Gasteiger partial charge in [-0.05, 0) is 56.6 Å². The molecule has 0 saturated carbocycles. The van der Waals surface area contributed by atoms with Gasteiger partial charge >= 0.3 is 0 Å². The van der Waals surface area contributed by atoms with Gasteiger partial charge in [0.15, 0.2) is 23.3 Å². The number of aryl methyl sites for hydroxylation is 1. The van der Waals surface area contributed by atoms with Crippen LogP contribution < -0.4 is 5.73 Å². The van der Waals surface area contributed by atoms with E-state index in [1.165, 1.54) is 4.31 Å². The highest BCUT2D eigenvalue weighted by Gasteiger charge is 2.25. The lowest BCUT2D eigenvalue weighted by molar-refractivity contribution is 0.391. The van der Waals surface area contributed by atoms with Crippen molar-refractivity contribution in [3.63, 3.8) is 0 Å². The summed E-state index contributed by atoms with van der Waals surface area (Å²) < 4.78 is 56.5. The summed E-state index contributed by atoms with van der Waals surface area (Å²) in [7, 11) is 3.21. The van der Waals surface area contributed by atoms with Gasteiger partial charge in [-0.15, -0.1) is 0 Å². The summed E-state index contributed by atoms with van der Waals surface area (Å²) in [5.41, 5.74) is 6.84. The van der Waals surface area contributed by atoms with Crippen molar-refractivity contribution in [2.45, 2.75) is 17.7 Å². The SMILES string of the molecule is CN(C)Sc1c(F)c(F)c(F)c(F)c1CCc1ccc(N)cc1. The molecule has 2 aromatic carbocycles. The minimum atomic E-state index is -1.79. The van der Waals surface area contributed by atoms with E-state index in [2.05, 4.69) is 0 Å². The summed E-state index contributed by atoms with van der Waals surface area (Å²) in [6.07, 6.45) is 0.392. The molecule has 2 aromatic rings. The largest absolute Gasteiger partial charge is 0.399 e. The first-order valence-electron chi connectivity index (χ1n) is 6.85. The first-order valence-corrected chi connectivity index (χ1v) is 7.63. The highest BCUT2D eigenvalue weighted by molar-refractivity contribution is 7.97. The normalized spacial score (nSPS) is 11.3. The first kappa shape index (κ1) is 17.6. The van der Waals surface area contributed by atoms with Crippen molar-refractivity contribution in [1.29, 1.82) is 0 Å². The molecule has 2 nitrogen and oxygen atoms in total. The molecule has 7 heteroatoms. The van der Waals surface area contributed by atoms with Crippen LogP contribution >= 0.6 is 11.9 Å². The fourth-order valence-electron chi connectivity index (χ4n) is 2.11.